The van der Waals surface area contributed by atoms with Crippen LogP contribution in [0.5, 0.6) is 0 Å². The highest BCUT2D eigenvalue weighted by molar-refractivity contribution is 5.96. The molecule has 0 spiro atoms. The lowest BCUT2D eigenvalue weighted by Crippen LogP contribution is -2.48. The molecule has 1 aliphatic carbocycles. The summed E-state index contributed by atoms with van der Waals surface area (Å²) in [6.45, 7) is 0. The third-order valence-electron chi connectivity index (χ3n) is 5.69. The van der Waals surface area contributed by atoms with Crippen LogP contribution in [0.1, 0.15) is 53.6 Å². The van der Waals surface area contributed by atoms with E-state index in [4.69, 9.17) is 0 Å². The van der Waals surface area contributed by atoms with Gasteiger partial charge in [-0.2, -0.15) is 0 Å². The number of carbonyl (C=O) groups excluding carboxylic acids is 1. The van der Waals surface area contributed by atoms with Gasteiger partial charge in [-0.05, 0) is 62.1 Å². The van der Waals surface area contributed by atoms with Crippen molar-refractivity contribution in [3.63, 3.8) is 0 Å². The third-order valence-corrected chi connectivity index (χ3v) is 5.69. The van der Waals surface area contributed by atoms with E-state index in [9.17, 15) is 4.79 Å². The van der Waals surface area contributed by atoms with Crippen molar-refractivity contribution in [1.29, 1.82) is 0 Å². The first-order valence-electron chi connectivity index (χ1n) is 8.36. The minimum Gasteiger partial charge on any atom is -0.339 e. The van der Waals surface area contributed by atoms with E-state index in [1.165, 1.54) is 30.4 Å². The largest absolute Gasteiger partial charge is 0.339 e. The molecule has 21 heavy (non-hydrogen) atoms. The number of hydrogen-bond acceptors (Lipinski definition) is 2. The number of aryl methyl sites for hydroxylation is 1. The van der Waals surface area contributed by atoms with Gasteiger partial charge in [-0.1, -0.05) is 12.1 Å². The lowest BCUT2D eigenvalue weighted by molar-refractivity contribution is 0.0680. The molecule has 2 heterocycles. The fraction of sp³-hybridized carbons (Fsp3) is 0.611. The Bertz CT molecular complexity index is 556. The maximum Gasteiger partial charge on any atom is 0.254 e. The zero-order valence-corrected chi connectivity index (χ0v) is 12.8. The maximum absolute atomic E-state index is 12.9. The summed E-state index contributed by atoms with van der Waals surface area (Å²) in [7, 11) is 2.01. The Morgan fingerprint density at radius 1 is 1.19 bits per heavy atom. The van der Waals surface area contributed by atoms with Crippen LogP contribution in [0.3, 0.4) is 0 Å². The first-order valence-corrected chi connectivity index (χ1v) is 8.36. The zero-order chi connectivity index (χ0) is 14.4. The van der Waals surface area contributed by atoms with Crippen LogP contribution in [0.25, 0.3) is 0 Å². The second kappa shape index (κ2) is 5.13. The van der Waals surface area contributed by atoms with E-state index in [1.807, 2.05) is 18.0 Å². The summed E-state index contributed by atoms with van der Waals surface area (Å²) in [5.41, 5.74) is 3.66. The summed E-state index contributed by atoms with van der Waals surface area (Å²) in [6.07, 6.45) is 8.20. The summed E-state index contributed by atoms with van der Waals surface area (Å²) in [5.74, 6) is 0.236. The molecule has 2 atom stereocenters. The minimum atomic E-state index is 0.236. The van der Waals surface area contributed by atoms with Crippen LogP contribution >= 0.6 is 0 Å². The molecule has 0 radical (unpaired) electrons. The summed E-state index contributed by atoms with van der Waals surface area (Å²) in [5, 5.41) is 3.66. The number of fused-ring (bicyclic) bond motifs is 3. The number of hydrogen-bond donors (Lipinski definition) is 1. The fourth-order valence-corrected chi connectivity index (χ4v) is 4.52. The molecule has 1 aromatic carbocycles. The smallest absolute Gasteiger partial charge is 0.254 e. The van der Waals surface area contributed by atoms with Gasteiger partial charge in [0, 0.05) is 30.7 Å². The molecule has 112 valence electrons. The lowest BCUT2D eigenvalue weighted by atomic mass is 9.96. The van der Waals surface area contributed by atoms with Crippen LogP contribution < -0.4 is 5.32 Å². The zero-order valence-electron chi connectivity index (χ0n) is 12.8. The molecule has 2 saturated heterocycles. The van der Waals surface area contributed by atoms with Crippen LogP contribution in [-0.4, -0.2) is 36.0 Å². The average molecular weight is 284 g/mol. The summed E-state index contributed by atoms with van der Waals surface area (Å²) in [4.78, 5) is 15.0. The van der Waals surface area contributed by atoms with Crippen molar-refractivity contribution in [2.24, 2.45) is 0 Å². The Morgan fingerprint density at radius 2 is 1.95 bits per heavy atom. The van der Waals surface area contributed by atoms with Crippen molar-refractivity contribution in [2.75, 3.05) is 7.05 Å². The van der Waals surface area contributed by atoms with E-state index in [0.29, 0.717) is 18.1 Å². The van der Waals surface area contributed by atoms with Gasteiger partial charge < -0.3 is 10.2 Å². The number of nitrogens with one attached hydrogen (secondary N) is 1. The quantitative estimate of drug-likeness (QED) is 0.905. The molecular weight excluding hydrogens is 260 g/mol. The molecule has 0 aromatic heterocycles. The highest BCUT2D eigenvalue weighted by Crippen LogP contribution is 2.31. The first kappa shape index (κ1) is 13.3. The van der Waals surface area contributed by atoms with Crippen molar-refractivity contribution < 1.29 is 4.79 Å². The van der Waals surface area contributed by atoms with Crippen molar-refractivity contribution in [2.45, 2.75) is 63.1 Å². The first-order chi connectivity index (χ1) is 10.2. The van der Waals surface area contributed by atoms with Gasteiger partial charge in [0.1, 0.15) is 0 Å². The number of carbonyl (C=O) groups is 1. The van der Waals surface area contributed by atoms with Gasteiger partial charge in [0.05, 0.1) is 0 Å². The van der Waals surface area contributed by atoms with Gasteiger partial charge in [0.25, 0.3) is 5.91 Å². The summed E-state index contributed by atoms with van der Waals surface area (Å²) >= 11 is 0. The summed E-state index contributed by atoms with van der Waals surface area (Å²) in [6, 6.07) is 7.93. The molecule has 3 aliphatic rings. The Labute approximate surface area is 126 Å². The molecule has 2 fully saturated rings. The minimum absolute atomic E-state index is 0.236. The molecule has 2 aliphatic heterocycles. The predicted molar refractivity (Wildman–Crippen MR) is 83.5 cm³/mol. The highest BCUT2D eigenvalue weighted by Gasteiger charge is 2.37. The van der Waals surface area contributed by atoms with Gasteiger partial charge in [0.2, 0.25) is 0 Å². The molecule has 2 unspecified atom stereocenters. The van der Waals surface area contributed by atoms with E-state index in [-0.39, 0.29) is 5.91 Å². The highest BCUT2D eigenvalue weighted by atomic mass is 16.2. The number of benzene rings is 1. The number of piperidine rings is 1. The molecule has 1 aromatic rings. The van der Waals surface area contributed by atoms with Crippen LogP contribution in [0.15, 0.2) is 18.2 Å². The van der Waals surface area contributed by atoms with Gasteiger partial charge in [-0.25, -0.2) is 0 Å². The van der Waals surface area contributed by atoms with Gasteiger partial charge in [-0.3, -0.25) is 4.79 Å². The van der Waals surface area contributed by atoms with Crippen molar-refractivity contribution in [3.05, 3.63) is 34.9 Å². The molecular formula is C18H24N2O. The number of nitrogens with zero attached hydrogens (tertiary/aromatic N) is 1. The summed E-state index contributed by atoms with van der Waals surface area (Å²) < 4.78 is 0. The monoisotopic (exact) mass is 284 g/mol. The van der Waals surface area contributed by atoms with E-state index in [0.717, 1.165) is 31.2 Å². The van der Waals surface area contributed by atoms with Crippen molar-refractivity contribution in [3.8, 4) is 0 Å². The van der Waals surface area contributed by atoms with E-state index < -0.39 is 0 Å². The molecule has 1 amide bonds. The third kappa shape index (κ3) is 2.28. The Kier molecular flexibility index (Phi) is 3.26. The SMILES string of the molecule is CN(C(=O)c1cccc2c1CCC2)C1CC2CCC(C1)N2. The Balaban J connectivity index is 1.56. The van der Waals surface area contributed by atoms with Gasteiger partial charge >= 0.3 is 0 Å². The van der Waals surface area contributed by atoms with Gasteiger partial charge in [0.15, 0.2) is 0 Å². The molecule has 4 rings (SSSR count). The topological polar surface area (TPSA) is 32.3 Å². The molecule has 3 heteroatoms. The van der Waals surface area contributed by atoms with Crippen LogP contribution in [0.2, 0.25) is 0 Å². The lowest BCUT2D eigenvalue weighted by Gasteiger charge is -2.36. The van der Waals surface area contributed by atoms with E-state index in [2.05, 4.69) is 17.4 Å². The second-order valence-electron chi connectivity index (χ2n) is 6.98. The van der Waals surface area contributed by atoms with Crippen LogP contribution in [0.4, 0.5) is 0 Å². The normalized spacial score (nSPS) is 30.2. The van der Waals surface area contributed by atoms with Crippen molar-refractivity contribution in [1.82, 2.24) is 10.2 Å². The van der Waals surface area contributed by atoms with E-state index in [1.54, 1.807) is 0 Å². The fourth-order valence-electron chi connectivity index (χ4n) is 4.52. The average Bonchev–Trinajstić information content (AvgIpc) is 3.11. The van der Waals surface area contributed by atoms with Crippen LogP contribution in [-0.2, 0) is 12.8 Å². The number of rotatable bonds is 2. The second-order valence-corrected chi connectivity index (χ2v) is 6.98. The molecule has 3 nitrogen and oxygen atoms in total. The van der Waals surface area contributed by atoms with E-state index >= 15 is 0 Å². The molecule has 1 N–H and O–H groups in total. The Morgan fingerprint density at radius 3 is 2.71 bits per heavy atom. The standard InChI is InChI=1S/C18H24N2O/c1-20(15-10-13-8-9-14(11-15)19-13)18(21)17-7-3-5-12-4-2-6-16(12)17/h3,5,7,13-15,19H,2,4,6,8-11H2,1H3. The van der Waals surface area contributed by atoms with Crippen molar-refractivity contribution >= 4 is 5.91 Å². The number of amides is 1. The Hall–Kier alpha value is -1.35. The molecule has 0 saturated carbocycles. The van der Waals surface area contributed by atoms with Crippen LogP contribution in [0, 0.1) is 0 Å². The molecule has 2 bridgehead atoms. The predicted octanol–water partition coefficient (Wildman–Crippen LogP) is 2.53. The van der Waals surface area contributed by atoms with Gasteiger partial charge in [-0.15, -0.1) is 0 Å². The maximum atomic E-state index is 12.9.